The number of nitrogens with zero attached hydrogens (tertiary/aromatic N) is 2. The van der Waals surface area contributed by atoms with Crippen molar-refractivity contribution in [2.24, 2.45) is 0 Å². The Morgan fingerprint density at radius 1 is 1.15 bits per heavy atom. The molecule has 5 nitrogen and oxygen atoms in total. The summed E-state index contributed by atoms with van der Waals surface area (Å²) >= 11 is 0. The van der Waals surface area contributed by atoms with Crippen LogP contribution in [0, 0.1) is 0 Å². The Morgan fingerprint density at radius 3 is 2.55 bits per heavy atom. The van der Waals surface area contributed by atoms with E-state index >= 15 is 0 Å². The van der Waals surface area contributed by atoms with Crippen molar-refractivity contribution >= 4 is 11.9 Å². The zero-order chi connectivity index (χ0) is 13.8. The smallest absolute Gasteiger partial charge is 0.258 e. The molecule has 1 amide bonds. The van der Waals surface area contributed by atoms with E-state index < -0.39 is 0 Å². The minimum atomic E-state index is -0.169. The van der Waals surface area contributed by atoms with Gasteiger partial charge in [0.1, 0.15) is 6.33 Å². The summed E-state index contributed by atoms with van der Waals surface area (Å²) in [7, 11) is 0. The van der Waals surface area contributed by atoms with E-state index in [0.29, 0.717) is 17.4 Å². The molecule has 1 aromatic heterocycles. The third-order valence-electron chi connectivity index (χ3n) is 3.90. The van der Waals surface area contributed by atoms with E-state index in [4.69, 9.17) is 0 Å². The van der Waals surface area contributed by atoms with Gasteiger partial charge in [0.05, 0.1) is 0 Å². The van der Waals surface area contributed by atoms with E-state index in [-0.39, 0.29) is 5.91 Å². The summed E-state index contributed by atoms with van der Waals surface area (Å²) in [5.74, 6) is 0.860. The zero-order valence-corrected chi connectivity index (χ0v) is 11.3. The first-order chi connectivity index (χ1) is 9.83. The third kappa shape index (κ3) is 2.87. The fourth-order valence-electron chi connectivity index (χ4n) is 2.79. The molecule has 0 saturated heterocycles. The molecule has 0 atom stereocenters. The topological polar surface area (TPSA) is 70.7 Å². The van der Waals surface area contributed by atoms with Gasteiger partial charge in [-0.15, -0.1) is 0 Å². The van der Waals surface area contributed by atoms with Gasteiger partial charge in [0, 0.05) is 5.56 Å². The highest BCUT2D eigenvalue weighted by Gasteiger charge is 2.16. The average molecular weight is 270 g/mol. The van der Waals surface area contributed by atoms with Crippen molar-refractivity contribution in [3.05, 3.63) is 41.7 Å². The number of benzene rings is 1. The van der Waals surface area contributed by atoms with Crippen LogP contribution in [0.15, 0.2) is 30.6 Å². The fraction of sp³-hybridized carbons (Fsp3) is 0.400. The van der Waals surface area contributed by atoms with Crippen molar-refractivity contribution in [1.82, 2.24) is 15.2 Å². The first kappa shape index (κ1) is 12.8. The maximum atomic E-state index is 12.0. The number of rotatable bonds is 3. The molecule has 2 N–H and O–H groups in total. The summed E-state index contributed by atoms with van der Waals surface area (Å²) in [5.41, 5.74) is 1.99. The molecule has 1 aliphatic carbocycles. The van der Waals surface area contributed by atoms with E-state index in [1.807, 2.05) is 12.1 Å². The van der Waals surface area contributed by atoms with Crippen LogP contribution in [0.3, 0.4) is 0 Å². The molecule has 1 aliphatic rings. The lowest BCUT2D eigenvalue weighted by atomic mass is 9.84. The quantitative estimate of drug-likeness (QED) is 0.900. The highest BCUT2D eigenvalue weighted by atomic mass is 16.1. The van der Waals surface area contributed by atoms with Gasteiger partial charge < -0.3 is 0 Å². The molecule has 0 spiro atoms. The average Bonchev–Trinajstić information content (AvgIpc) is 3.01. The van der Waals surface area contributed by atoms with E-state index in [1.54, 1.807) is 0 Å². The Kier molecular flexibility index (Phi) is 3.76. The Hall–Kier alpha value is -2.17. The highest BCUT2D eigenvalue weighted by Crippen LogP contribution is 2.32. The number of hydrogen-bond donors (Lipinski definition) is 2. The first-order valence-corrected chi connectivity index (χ1v) is 7.09. The number of aromatic amines is 1. The van der Waals surface area contributed by atoms with Crippen molar-refractivity contribution in [3.8, 4) is 0 Å². The minimum absolute atomic E-state index is 0.169. The molecule has 1 fully saturated rings. The molecule has 0 bridgehead atoms. The molecular weight excluding hydrogens is 252 g/mol. The lowest BCUT2D eigenvalue weighted by Crippen LogP contribution is -2.13. The van der Waals surface area contributed by atoms with Crippen LogP contribution < -0.4 is 5.32 Å². The van der Waals surface area contributed by atoms with Crippen LogP contribution in [-0.2, 0) is 0 Å². The lowest BCUT2D eigenvalue weighted by molar-refractivity contribution is 0.102. The maximum Gasteiger partial charge on any atom is 0.258 e. The van der Waals surface area contributed by atoms with Crippen molar-refractivity contribution in [2.45, 2.75) is 38.0 Å². The highest BCUT2D eigenvalue weighted by molar-refractivity contribution is 6.03. The lowest BCUT2D eigenvalue weighted by Gasteiger charge is -2.22. The van der Waals surface area contributed by atoms with Gasteiger partial charge in [0.2, 0.25) is 5.95 Å². The largest absolute Gasteiger partial charge is 0.291 e. The predicted octanol–water partition coefficient (Wildman–Crippen LogP) is 3.10. The van der Waals surface area contributed by atoms with Gasteiger partial charge in [-0.3, -0.25) is 10.1 Å². The van der Waals surface area contributed by atoms with Crippen LogP contribution in [0.4, 0.5) is 5.95 Å². The van der Waals surface area contributed by atoms with E-state index in [1.165, 1.54) is 44.0 Å². The number of carbonyl (C=O) groups is 1. The molecule has 20 heavy (non-hydrogen) atoms. The normalized spacial score (nSPS) is 16.0. The van der Waals surface area contributed by atoms with E-state index in [2.05, 4.69) is 32.6 Å². The Morgan fingerprint density at radius 2 is 1.90 bits per heavy atom. The Bertz CT molecular complexity index is 556. The summed E-state index contributed by atoms with van der Waals surface area (Å²) in [6, 6.07) is 7.92. The summed E-state index contributed by atoms with van der Waals surface area (Å²) in [6.45, 7) is 0. The summed E-state index contributed by atoms with van der Waals surface area (Å²) in [6.07, 6.45) is 7.89. The van der Waals surface area contributed by atoms with Crippen molar-refractivity contribution in [3.63, 3.8) is 0 Å². The number of H-pyrrole nitrogens is 1. The van der Waals surface area contributed by atoms with Crippen LogP contribution in [0.2, 0.25) is 0 Å². The molecule has 0 unspecified atom stereocenters. The summed E-state index contributed by atoms with van der Waals surface area (Å²) < 4.78 is 0. The van der Waals surface area contributed by atoms with Crippen molar-refractivity contribution in [2.75, 3.05) is 5.32 Å². The second kappa shape index (κ2) is 5.86. The van der Waals surface area contributed by atoms with Crippen LogP contribution in [-0.4, -0.2) is 21.1 Å². The molecule has 0 radical (unpaired) electrons. The van der Waals surface area contributed by atoms with Gasteiger partial charge in [-0.05, 0) is 36.5 Å². The zero-order valence-electron chi connectivity index (χ0n) is 11.3. The molecule has 1 saturated carbocycles. The van der Waals surface area contributed by atoms with E-state index in [9.17, 15) is 4.79 Å². The van der Waals surface area contributed by atoms with Gasteiger partial charge in [0.15, 0.2) is 0 Å². The number of carbonyl (C=O) groups excluding carboxylic acids is 1. The van der Waals surface area contributed by atoms with Crippen LogP contribution in [0.5, 0.6) is 0 Å². The monoisotopic (exact) mass is 270 g/mol. The first-order valence-electron chi connectivity index (χ1n) is 7.09. The number of hydrogen-bond acceptors (Lipinski definition) is 3. The second-order valence-electron chi connectivity index (χ2n) is 5.25. The van der Waals surface area contributed by atoms with Gasteiger partial charge in [0.25, 0.3) is 5.91 Å². The van der Waals surface area contributed by atoms with Gasteiger partial charge in [-0.2, -0.15) is 10.1 Å². The van der Waals surface area contributed by atoms with Crippen LogP contribution in [0.25, 0.3) is 0 Å². The molecule has 1 heterocycles. The number of aromatic nitrogens is 3. The molecule has 104 valence electrons. The molecule has 5 heteroatoms. The summed E-state index contributed by atoms with van der Waals surface area (Å²) in [5, 5.41) is 8.97. The van der Waals surface area contributed by atoms with Gasteiger partial charge in [-0.1, -0.05) is 31.4 Å². The summed E-state index contributed by atoms with van der Waals surface area (Å²) in [4.78, 5) is 15.9. The Labute approximate surface area is 117 Å². The van der Waals surface area contributed by atoms with Crippen molar-refractivity contribution < 1.29 is 4.79 Å². The molecular formula is C15H18N4O. The minimum Gasteiger partial charge on any atom is -0.291 e. The predicted molar refractivity (Wildman–Crippen MR) is 76.6 cm³/mol. The Balaban J connectivity index is 1.67. The maximum absolute atomic E-state index is 12.0. The second-order valence-corrected chi connectivity index (χ2v) is 5.25. The van der Waals surface area contributed by atoms with Gasteiger partial charge >= 0.3 is 0 Å². The number of amides is 1. The fourth-order valence-corrected chi connectivity index (χ4v) is 2.79. The molecule has 2 aromatic rings. The number of nitrogens with one attached hydrogen (secondary N) is 2. The molecule has 3 rings (SSSR count). The van der Waals surface area contributed by atoms with E-state index in [0.717, 1.165) is 0 Å². The van der Waals surface area contributed by atoms with Crippen LogP contribution >= 0.6 is 0 Å². The van der Waals surface area contributed by atoms with Crippen LogP contribution in [0.1, 0.15) is 53.9 Å². The van der Waals surface area contributed by atoms with Crippen molar-refractivity contribution in [1.29, 1.82) is 0 Å². The SMILES string of the molecule is O=C(Nc1ncn[nH]1)c1ccc(C2CCCCC2)cc1. The molecule has 1 aromatic carbocycles. The standard InChI is InChI=1S/C15H18N4O/c20-14(18-15-16-10-17-19-15)13-8-6-12(7-9-13)11-4-2-1-3-5-11/h6-11H,1-5H2,(H2,16,17,18,19,20). The molecule has 0 aliphatic heterocycles. The van der Waals surface area contributed by atoms with Gasteiger partial charge in [-0.25, -0.2) is 5.10 Å². The number of anilines is 1. The third-order valence-corrected chi connectivity index (χ3v) is 3.90.